The van der Waals surface area contributed by atoms with Gasteiger partial charge in [-0.3, -0.25) is 4.79 Å². The van der Waals surface area contributed by atoms with Gasteiger partial charge in [-0.1, -0.05) is 6.07 Å². The number of hydrogen-bond acceptors (Lipinski definition) is 4. The van der Waals surface area contributed by atoms with Crippen LogP contribution in [0.1, 0.15) is 31.2 Å². The van der Waals surface area contributed by atoms with Crippen molar-refractivity contribution in [1.82, 2.24) is 10.6 Å². The van der Waals surface area contributed by atoms with Crippen LogP contribution in [0.25, 0.3) is 0 Å². The van der Waals surface area contributed by atoms with Gasteiger partial charge >= 0.3 is 0 Å². The highest BCUT2D eigenvalue weighted by molar-refractivity contribution is 5.79. The monoisotopic (exact) mass is 335 g/mol. The van der Waals surface area contributed by atoms with Crippen LogP contribution in [-0.2, 0) is 11.3 Å². The number of nitrogens with one attached hydrogen (secondary N) is 2. The number of anilines is 1. The van der Waals surface area contributed by atoms with Crippen LogP contribution in [-0.4, -0.2) is 43.3 Å². The van der Waals surface area contributed by atoms with Crippen LogP contribution in [0, 0.1) is 11.7 Å². The van der Waals surface area contributed by atoms with Crippen LogP contribution in [0.3, 0.4) is 0 Å². The second kappa shape index (κ2) is 7.94. The Morgan fingerprint density at radius 1 is 1.33 bits per heavy atom. The highest BCUT2D eigenvalue weighted by Crippen LogP contribution is 2.24. The molecule has 24 heavy (non-hydrogen) atoms. The lowest BCUT2D eigenvalue weighted by atomic mass is 9.99. The molecule has 1 atom stereocenters. The first-order chi connectivity index (χ1) is 11.6. The summed E-state index contributed by atoms with van der Waals surface area (Å²) in [6, 6.07) is 5.14. The van der Waals surface area contributed by atoms with Crippen LogP contribution in [0.2, 0.25) is 0 Å². The molecule has 0 radical (unpaired) electrons. The lowest BCUT2D eigenvalue weighted by Crippen LogP contribution is -2.40. The molecule has 0 spiro atoms. The molecule has 2 heterocycles. The van der Waals surface area contributed by atoms with Crippen molar-refractivity contribution in [1.29, 1.82) is 0 Å². The molecule has 0 saturated carbocycles. The van der Waals surface area contributed by atoms with E-state index in [4.69, 9.17) is 0 Å². The molecule has 2 fully saturated rings. The van der Waals surface area contributed by atoms with Crippen LogP contribution in [0.5, 0.6) is 0 Å². The molecule has 2 aliphatic rings. The SMILES string of the molecule is O=C(NCc1ccc(N2CCC(O)CC2)c(F)c1)[C@H]1CCCNC1. The van der Waals surface area contributed by atoms with Crippen molar-refractivity contribution in [2.75, 3.05) is 31.1 Å². The number of hydrogen-bond donors (Lipinski definition) is 3. The van der Waals surface area contributed by atoms with Gasteiger partial charge in [-0.2, -0.15) is 0 Å². The van der Waals surface area contributed by atoms with Crippen LogP contribution >= 0.6 is 0 Å². The van der Waals surface area contributed by atoms with Gasteiger partial charge in [0.2, 0.25) is 5.91 Å². The Labute approximate surface area is 142 Å². The summed E-state index contributed by atoms with van der Waals surface area (Å²) >= 11 is 0. The van der Waals surface area contributed by atoms with Gasteiger partial charge in [0.25, 0.3) is 0 Å². The van der Waals surface area contributed by atoms with Crippen LogP contribution in [0.15, 0.2) is 18.2 Å². The Bertz CT molecular complexity index is 567. The van der Waals surface area contributed by atoms with E-state index in [-0.39, 0.29) is 23.7 Å². The van der Waals surface area contributed by atoms with E-state index >= 15 is 0 Å². The summed E-state index contributed by atoms with van der Waals surface area (Å²) in [4.78, 5) is 14.1. The fraction of sp³-hybridized carbons (Fsp3) is 0.611. The predicted octanol–water partition coefficient (Wildman–Crippen LogP) is 1.40. The van der Waals surface area contributed by atoms with Crippen molar-refractivity contribution in [3.63, 3.8) is 0 Å². The zero-order valence-electron chi connectivity index (χ0n) is 13.9. The van der Waals surface area contributed by atoms with Crippen molar-refractivity contribution in [2.24, 2.45) is 5.92 Å². The number of benzene rings is 1. The molecule has 0 unspecified atom stereocenters. The standard InChI is InChI=1S/C18H26FN3O2/c19-16-10-13(11-21-18(24)14-2-1-7-20-12-14)3-4-17(16)22-8-5-15(23)6-9-22/h3-4,10,14-15,20,23H,1-2,5-9,11-12H2,(H,21,24)/t14-/m0/s1. The molecule has 0 bridgehead atoms. The van der Waals surface area contributed by atoms with E-state index in [1.165, 1.54) is 6.07 Å². The summed E-state index contributed by atoms with van der Waals surface area (Å²) in [6.07, 6.45) is 3.01. The predicted molar refractivity (Wildman–Crippen MR) is 91.3 cm³/mol. The van der Waals surface area contributed by atoms with Crippen molar-refractivity contribution in [3.05, 3.63) is 29.6 Å². The topological polar surface area (TPSA) is 64.6 Å². The number of rotatable bonds is 4. The summed E-state index contributed by atoms with van der Waals surface area (Å²) in [5, 5.41) is 15.7. The zero-order chi connectivity index (χ0) is 16.9. The number of halogens is 1. The Hall–Kier alpha value is -1.66. The summed E-state index contributed by atoms with van der Waals surface area (Å²) in [6.45, 7) is 3.39. The third kappa shape index (κ3) is 4.24. The summed E-state index contributed by atoms with van der Waals surface area (Å²) in [5.41, 5.74) is 1.35. The molecule has 1 amide bonds. The minimum Gasteiger partial charge on any atom is -0.393 e. The van der Waals surface area contributed by atoms with Gasteiger partial charge in [0.05, 0.1) is 17.7 Å². The lowest BCUT2D eigenvalue weighted by Gasteiger charge is -2.31. The minimum atomic E-state index is -0.270. The summed E-state index contributed by atoms with van der Waals surface area (Å²) < 4.78 is 14.4. The van der Waals surface area contributed by atoms with Crippen LogP contribution < -0.4 is 15.5 Å². The molecule has 1 aromatic carbocycles. The number of amides is 1. The van der Waals surface area contributed by atoms with Gasteiger partial charge in [0, 0.05) is 26.2 Å². The van der Waals surface area contributed by atoms with Gasteiger partial charge in [0.15, 0.2) is 0 Å². The number of piperidine rings is 2. The quantitative estimate of drug-likeness (QED) is 0.778. The maximum absolute atomic E-state index is 14.4. The van der Waals surface area contributed by atoms with Gasteiger partial charge in [-0.15, -0.1) is 0 Å². The average molecular weight is 335 g/mol. The van der Waals surface area contributed by atoms with Gasteiger partial charge in [-0.25, -0.2) is 4.39 Å². The van der Waals surface area contributed by atoms with Crippen LogP contribution in [0.4, 0.5) is 10.1 Å². The molecular weight excluding hydrogens is 309 g/mol. The molecule has 2 saturated heterocycles. The molecule has 6 heteroatoms. The highest BCUT2D eigenvalue weighted by atomic mass is 19.1. The Kier molecular flexibility index (Phi) is 5.68. The maximum Gasteiger partial charge on any atom is 0.224 e. The van der Waals surface area contributed by atoms with Crippen molar-refractivity contribution >= 4 is 11.6 Å². The molecule has 0 aromatic heterocycles. The largest absolute Gasteiger partial charge is 0.393 e. The third-order valence-corrected chi connectivity index (χ3v) is 4.95. The molecule has 2 aliphatic heterocycles. The molecule has 132 valence electrons. The smallest absolute Gasteiger partial charge is 0.224 e. The van der Waals surface area contributed by atoms with E-state index in [1.807, 2.05) is 11.0 Å². The van der Waals surface area contributed by atoms with E-state index in [2.05, 4.69) is 10.6 Å². The number of nitrogens with zero attached hydrogens (tertiary/aromatic N) is 1. The fourth-order valence-electron chi connectivity index (χ4n) is 3.43. The number of carbonyl (C=O) groups excluding carboxylic acids is 1. The third-order valence-electron chi connectivity index (χ3n) is 4.95. The first-order valence-corrected chi connectivity index (χ1v) is 8.83. The van der Waals surface area contributed by atoms with E-state index < -0.39 is 0 Å². The van der Waals surface area contributed by atoms with Crippen molar-refractivity contribution in [2.45, 2.75) is 38.3 Å². The summed E-state index contributed by atoms with van der Waals surface area (Å²) in [5.74, 6) is -0.211. The highest BCUT2D eigenvalue weighted by Gasteiger charge is 2.21. The van der Waals surface area contributed by atoms with Gasteiger partial charge in [0.1, 0.15) is 5.82 Å². The van der Waals surface area contributed by atoms with Crippen molar-refractivity contribution in [3.8, 4) is 0 Å². The Morgan fingerprint density at radius 3 is 2.79 bits per heavy atom. The van der Waals surface area contributed by atoms with E-state index in [9.17, 15) is 14.3 Å². The Balaban J connectivity index is 1.55. The molecule has 3 N–H and O–H groups in total. The van der Waals surface area contributed by atoms with E-state index in [1.54, 1.807) is 6.07 Å². The maximum atomic E-state index is 14.4. The molecular formula is C18H26FN3O2. The molecule has 0 aliphatic carbocycles. The van der Waals surface area contributed by atoms with Gasteiger partial charge in [-0.05, 0) is 49.9 Å². The molecule has 1 aromatic rings. The van der Waals surface area contributed by atoms with E-state index in [0.717, 1.165) is 31.5 Å². The zero-order valence-corrected chi connectivity index (χ0v) is 13.9. The average Bonchev–Trinajstić information content (AvgIpc) is 2.61. The second-order valence-electron chi connectivity index (χ2n) is 6.77. The first kappa shape index (κ1) is 17.2. The fourth-order valence-corrected chi connectivity index (χ4v) is 3.43. The van der Waals surface area contributed by atoms with Crippen molar-refractivity contribution < 1.29 is 14.3 Å². The number of aliphatic hydroxyl groups is 1. The molecule has 5 nitrogen and oxygen atoms in total. The lowest BCUT2D eigenvalue weighted by molar-refractivity contribution is -0.125. The number of aliphatic hydroxyl groups excluding tert-OH is 1. The molecule has 3 rings (SSSR count). The Morgan fingerprint density at radius 2 is 2.12 bits per heavy atom. The first-order valence-electron chi connectivity index (χ1n) is 8.83. The number of carbonyl (C=O) groups is 1. The van der Waals surface area contributed by atoms with Gasteiger partial charge < -0.3 is 20.6 Å². The summed E-state index contributed by atoms with van der Waals surface area (Å²) in [7, 11) is 0. The normalized spacial score (nSPS) is 22.4. The van der Waals surface area contributed by atoms with E-state index in [0.29, 0.717) is 38.2 Å². The second-order valence-corrected chi connectivity index (χ2v) is 6.77. The minimum absolute atomic E-state index is 0.0163.